The molecular formula is C24H29N3O2. The van der Waals surface area contributed by atoms with Gasteiger partial charge in [0.15, 0.2) is 0 Å². The van der Waals surface area contributed by atoms with Crippen LogP contribution in [0.25, 0.3) is 0 Å². The summed E-state index contributed by atoms with van der Waals surface area (Å²) >= 11 is 0. The number of fused-ring (bicyclic) bond motifs is 4. The normalized spacial score (nSPS) is 29.2. The van der Waals surface area contributed by atoms with E-state index in [1.165, 1.54) is 31.2 Å². The molecule has 1 aromatic heterocycles. The van der Waals surface area contributed by atoms with E-state index in [4.69, 9.17) is 4.74 Å². The molecule has 3 aliphatic rings. The molecule has 152 valence electrons. The highest BCUT2D eigenvalue weighted by Crippen LogP contribution is 2.44. The molecule has 0 N–H and O–H groups in total. The Hall–Kier alpha value is -2.40. The van der Waals surface area contributed by atoms with Gasteiger partial charge in [-0.05, 0) is 67.3 Å². The third-order valence-electron chi connectivity index (χ3n) is 7.08. The summed E-state index contributed by atoms with van der Waals surface area (Å²) < 4.78 is 5.34. The third kappa shape index (κ3) is 3.52. The number of amides is 1. The minimum Gasteiger partial charge on any atom is -0.497 e. The number of likely N-dealkylation sites (tertiary alicyclic amines) is 1. The van der Waals surface area contributed by atoms with Gasteiger partial charge in [-0.2, -0.15) is 0 Å². The molecule has 3 aliphatic heterocycles. The minimum absolute atomic E-state index is 0.142. The van der Waals surface area contributed by atoms with Crippen LogP contribution in [0.1, 0.15) is 47.6 Å². The Balaban J connectivity index is 1.34. The lowest BCUT2D eigenvalue weighted by Gasteiger charge is -2.55. The number of carbonyl (C=O) groups excluding carboxylic acids is 1. The Morgan fingerprint density at radius 1 is 1.10 bits per heavy atom. The molecule has 0 radical (unpaired) electrons. The van der Waals surface area contributed by atoms with Crippen LogP contribution < -0.4 is 4.74 Å². The lowest BCUT2D eigenvalue weighted by molar-refractivity contribution is -0.0511. The summed E-state index contributed by atoms with van der Waals surface area (Å²) in [5.41, 5.74) is 2.11. The van der Waals surface area contributed by atoms with Crippen LogP contribution in [0.4, 0.5) is 0 Å². The number of hydrogen-bond acceptors (Lipinski definition) is 4. The SMILES string of the molecule is COc1ccc([C@H]2CCC[C@H]3[C@@H]4C[C@@H](CN(C(=O)c5cccnc5)C4)CN23)cc1. The van der Waals surface area contributed by atoms with Crippen molar-refractivity contribution in [3.05, 3.63) is 59.9 Å². The predicted octanol–water partition coefficient (Wildman–Crippen LogP) is 3.78. The Kier molecular flexibility index (Phi) is 5.00. The van der Waals surface area contributed by atoms with Crippen molar-refractivity contribution in [2.45, 2.75) is 37.8 Å². The van der Waals surface area contributed by atoms with E-state index in [2.05, 4.69) is 39.0 Å². The van der Waals surface area contributed by atoms with E-state index in [1.54, 1.807) is 19.5 Å². The van der Waals surface area contributed by atoms with Gasteiger partial charge in [0.25, 0.3) is 5.91 Å². The molecule has 0 aliphatic carbocycles. The predicted molar refractivity (Wildman–Crippen MR) is 112 cm³/mol. The average molecular weight is 392 g/mol. The Bertz CT molecular complexity index is 854. The third-order valence-corrected chi connectivity index (χ3v) is 7.08. The first-order valence-corrected chi connectivity index (χ1v) is 10.8. The second-order valence-corrected chi connectivity index (χ2v) is 8.80. The Labute approximate surface area is 172 Å². The zero-order valence-electron chi connectivity index (χ0n) is 17.0. The van der Waals surface area contributed by atoms with Crippen LogP contribution in [0.3, 0.4) is 0 Å². The number of hydrogen-bond donors (Lipinski definition) is 0. The van der Waals surface area contributed by atoms with Crippen LogP contribution in [0, 0.1) is 11.8 Å². The molecule has 5 nitrogen and oxygen atoms in total. The standard InChI is InChI=1S/C24H29N3O2/c1-29-21-9-7-18(8-10-21)22-5-2-6-23-20-12-17(15-27(22)23)14-26(16-20)24(28)19-4-3-11-25-13-19/h3-4,7-11,13,17,20,22-23H,2,5-6,12,14-16H2,1H3/t17-,20+,22+,23-/m0/s1. The van der Waals surface area contributed by atoms with E-state index in [1.807, 2.05) is 12.1 Å². The van der Waals surface area contributed by atoms with Gasteiger partial charge >= 0.3 is 0 Å². The van der Waals surface area contributed by atoms with Crippen molar-refractivity contribution < 1.29 is 9.53 Å². The fourth-order valence-corrected chi connectivity index (χ4v) is 5.83. The first-order valence-electron chi connectivity index (χ1n) is 10.8. The van der Waals surface area contributed by atoms with Crippen molar-refractivity contribution in [3.63, 3.8) is 0 Å². The van der Waals surface area contributed by atoms with E-state index in [9.17, 15) is 4.79 Å². The number of ether oxygens (including phenoxy) is 1. The summed E-state index contributed by atoms with van der Waals surface area (Å²) in [5.74, 6) is 2.19. The topological polar surface area (TPSA) is 45.7 Å². The Morgan fingerprint density at radius 2 is 1.97 bits per heavy atom. The maximum absolute atomic E-state index is 13.0. The van der Waals surface area contributed by atoms with Crippen LogP contribution in [-0.4, -0.2) is 53.5 Å². The number of methoxy groups -OCH3 is 1. The van der Waals surface area contributed by atoms with Gasteiger partial charge in [0.2, 0.25) is 0 Å². The quantitative estimate of drug-likeness (QED) is 0.799. The minimum atomic E-state index is 0.142. The van der Waals surface area contributed by atoms with E-state index in [0.29, 0.717) is 29.5 Å². The van der Waals surface area contributed by atoms with Crippen LogP contribution in [0.15, 0.2) is 48.8 Å². The molecule has 2 bridgehead atoms. The summed E-state index contributed by atoms with van der Waals surface area (Å²) in [5, 5.41) is 0. The fourth-order valence-electron chi connectivity index (χ4n) is 5.83. The summed E-state index contributed by atoms with van der Waals surface area (Å²) in [6, 6.07) is 13.4. The molecule has 2 aromatic rings. The fraction of sp³-hybridized carbons (Fsp3) is 0.500. The average Bonchev–Trinajstić information content (AvgIpc) is 2.79. The van der Waals surface area contributed by atoms with Crippen molar-refractivity contribution in [2.75, 3.05) is 26.7 Å². The molecule has 4 atom stereocenters. The summed E-state index contributed by atoms with van der Waals surface area (Å²) in [6.07, 6.45) is 8.41. The molecule has 0 spiro atoms. The van der Waals surface area contributed by atoms with Gasteiger partial charge in [0.05, 0.1) is 12.7 Å². The van der Waals surface area contributed by atoms with Gasteiger partial charge in [0.1, 0.15) is 5.75 Å². The molecule has 3 saturated heterocycles. The first kappa shape index (κ1) is 18.6. The summed E-state index contributed by atoms with van der Waals surface area (Å²) in [6.45, 7) is 2.83. The highest BCUT2D eigenvalue weighted by Gasteiger charge is 2.45. The Morgan fingerprint density at radius 3 is 2.72 bits per heavy atom. The molecule has 5 rings (SSSR count). The van der Waals surface area contributed by atoms with Crippen molar-refractivity contribution in [3.8, 4) is 5.75 Å². The summed E-state index contributed by atoms with van der Waals surface area (Å²) in [7, 11) is 1.72. The maximum Gasteiger partial charge on any atom is 0.255 e. The molecular weight excluding hydrogens is 362 g/mol. The first-order chi connectivity index (χ1) is 14.2. The van der Waals surface area contributed by atoms with Gasteiger partial charge in [-0.25, -0.2) is 0 Å². The number of aromatic nitrogens is 1. The van der Waals surface area contributed by atoms with Crippen molar-refractivity contribution >= 4 is 5.91 Å². The molecule has 0 saturated carbocycles. The monoisotopic (exact) mass is 391 g/mol. The number of pyridine rings is 1. The van der Waals surface area contributed by atoms with E-state index >= 15 is 0 Å². The van der Waals surface area contributed by atoms with Gasteiger partial charge in [-0.15, -0.1) is 0 Å². The van der Waals surface area contributed by atoms with Crippen LogP contribution >= 0.6 is 0 Å². The molecule has 3 fully saturated rings. The van der Waals surface area contributed by atoms with Gasteiger partial charge < -0.3 is 9.64 Å². The van der Waals surface area contributed by atoms with Crippen molar-refractivity contribution in [1.82, 2.24) is 14.8 Å². The number of carbonyl (C=O) groups is 1. The number of nitrogens with zero attached hydrogens (tertiary/aromatic N) is 3. The molecule has 29 heavy (non-hydrogen) atoms. The smallest absolute Gasteiger partial charge is 0.255 e. The molecule has 1 amide bonds. The summed E-state index contributed by atoms with van der Waals surface area (Å²) in [4.78, 5) is 22.0. The lowest BCUT2D eigenvalue weighted by Crippen LogP contribution is -2.60. The van der Waals surface area contributed by atoms with Crippen LogP contribution in [-0.2, 0) is 0 Å². The van der Waals surface area contributed by atoms with Gasteiger partial charge in [-0.3, -0.25) is 14.7 Å². The van der Waals surface area contributed by atoms with Crippen LogP contribution in [0.2, 0.25) is 0 Å². The molecule has 1 aromatic carbocycles. The van der Waals surface area contributed by atoms with Crippen LogP contribution in [0.5, 0.6) is 5.75 Å². The van der Waals surface area contributed by atoms with E-state index < -0.39 is 0 Å². The maximum atomic E-state index is 13.0. The van der Waals surface area contributed by atoms with Gasteiger partial charge in [-0.1, -0.05) is 12.1 Å². The number of piperidine rings is 3. The molecule has 5 heteroatoms. The number of rotatable bonds is 3. The second kappa shape index (κ2) is 7.79. The van der Waals surface area contributed by atoms with Gasteiger partial charge in [0, 0.05) is 44.1 Å². The van der Waals surface area contributed by atoms with E-state index in [-0.39, 0.29) is 5.91 Å². The second-order valence-electron chi connectivity index (χ2n) is 8.80. The highest BCUT2D eigenvalue weighted by molar-refractivity contribution is 5.94. The molecule has 0 unspecified atom stereocenters. The highest BCUT2D eigenvalue weighted by atomic mass is 16.5. The molecule has 4 heterocycles. The number of benzene rings is 1. The van der Waals surface area contributed by atoms with Crippen molar-refractivity contribution in [2.24, 2.45) is 11.8 Å². The van der Waals surface area contributed by atoms with Crippen molar-refractivity contribution in [1.29, 1.82) is 0 Å². The largest absolute Gasteiger partial charge is 0.497 e. The zero-order chi connectivity index (χ0) is 19.8. The lowest BCUT2D eigenvalue weighted by atomic mass is 9.74. The van der Waals surface area contributed by atoms with E-state index in [0.717, 1.165) is 25.4 Å². The zero-order valence-corrected chi connectivity index (χ0v) is 17.0.